The Balaban J connectivity index is 1.85. The molecule has 0 radical (unpaired) electrons. The third kappa shape index (κ3) is 2.73. The summed E-state index contributed by atoms with van der Waals surface area (Å²) in [6, 6.07) is 5.85. The van der Waals surface area contributed by atoms with Crippen molar-refractivity contribution in [2.75, 3.05) is 18.9 Å². The topological polar surface area (TPSA) is 41.3 Å². The minimum Gasteiger partial charge on any atom is -0.378 e. The second kappa shape index (κ2) is 5.56. The van der Waals surface area contributed by atoms with E-state index in [4.69, 9.17) is 5.73 Å². The van der Waals surface area contributed by atoms with Crippen LogP contribution in [0.5, 0.6) is 0 Å². The van der Waals surface area contributed by atoms with Crippen LogP contribution >= 0.6 is 15.9 Å². The lowest BCUT2D eigenvalue weighted by Gasteiger charge is -2.46. The van der Waals surface area contributed by atoms with Crippen LogP contribution in [0.15, 0.2) is 16.6 Å². The molecular weight excluding hydrogens is 326 g/mol. The highest BCUT2D eigenvalue weighted by Gasteiger charge is 2.46. The third-order valence-electron chi connectivity index (χ3n) is 5.47. The Hall–Kier alpha value is -0.580. The molecule has 3 N–H and O–H groups in total. The van der Waals surface area contributed by atoms with E-state index in [-0.39, 0.29) is 5.54 Å². The number of nitrogens with two attached hydrogens (primary N) is 1. The van der Waals surface area contributed by atoms with Crippen LogP contribution in [-0.4, -0.2) is 36.1 Å². The second-order valence-electron chi connectivity index (χ2n) is 6.99. The molecule has 3 rings (SSSR count). The Bertz CT molecular complexity index is 506. The van der Waals surface area contributed by atoms with Gasteiger partial charge in [-0.25, -0.2) is 0 Å². The summed E-state index contributed by atoms with van der Waals surface area (Å²) in [6.45, 7) is 5.01. The highest BCUT2D eigenvalue weighted by Crippen LogP contribution is 2.41. The molecule has 0 spiro atoms. The van der Waals surface area contributed by atoms with Crippen LogP contribution in [0.3, 0.4) is 0 Å². The maximum absolute atomic E-state index is 6.20. The number of anilines is 1. The molecule has 2 atom stereocenters. The zero-order valence-electron chi connectivity index (χ0n) is 13.2. The van der Waals surface area contributed by atoms with E-state index < -0.39 is 0 Å². The number of aryl methyl sites for hydroxylation is 2. The zero-order chi connectivity index (χ0) is 15.2. The highest BCUT2D eigenvalue weighted by molar-refractivity contribution is 9.10. The normalized spacial score (nSPS) is 32.4. The van der Waals surface area contributed by atoms with E-state index >= 15 is 0 Å². The molecule has 2 heterocycles. The largest absolute Gasteiger partial charge is 0.378 e. The molecule has 0 aromatic heterocycles. The van der Waals surface area contributed by atoms with Crippen molar-refractivity contribution in [3.63, 3.8) is 0 Å². The smallest absolute Gasteiger partial charge is 0.0525 e. The fraction of sp³-hybridized carbons (Fsp3) is 0.647. The summed E-state index contributed by atoms with van der Waals surface area (Å²) in [5.41, 5.74) is 10.0. The van der Waals surface area contributed by atoms with Crippen LogP contribution in [0.4, 0.5) is 5.69 Å². The molecule has 1 aromatic carbocycles. The van der Waals surface area contributed by atoms with Gasteiger partial charge in [0.15, 0.2) is 0 Å². The van der Waals surface area contributed by atoms with Gasteiger partial charge in [-0.2, -0.15) is 0 Å². The lowest BCUT2D eigenvalue weighted by Crippen LogP contribution is -2.57. The number of piperidine rings is 1. The minimum absolute atomic E-state index is 0.0606. The van der Waals surface area contributed by atoms with Crippen molar-refractivity contribution in [1.82, 2.24) is 4.90 Å². The minimum atomic E-state index is 0.0606. The first kappa shape index (κ1) is 15.3. The number of fused-ring (bicyclic) bond motifs is 2. The van der Waals surface area contributed by atoms with Gasteiger partial charge in [0.25, 0.3) is 0 Å². The van der Waals surface area contributed by atoms with Crippen LogP contribution < -0.4 is 11.1 Å². The van der Waals surface area contributed by atoms with E-state index in [1.165, 1.54) is 34.1 Å². The van der Waals surface area contributed by atoms with Gasteiger partial charge >= 0.3 is 0 Å². The first-order valence-corrected chi connectivity index (χ1v) is 8.70. The Labute approximate surface area is 136 Å². The van der Waals surface area contributed by atoms with E-state index in [0.717, 1.165) is 12.8 Å². The lowest BCUT2D eigenvalue weighted by atomic mass is 9.82. The number of halogens is 1. The molecule has 1 aromatic rings. The maximum atomic E-state index is 6.20. The molecule has 0 aliphatic carbocycles. The summed E-state index contributed by atoms with van der Waals surface area (Å²) in [5.74, 6) is 0. The van der Waals surface area contributed by atoms with Gasteiger partial charge in [0, 0.05) is 28.8 Å². The number of hydrogen-bond acceptors (Lipinski definition) is 3. The van der Waals surface area contributed by atoms with Crippen molar-refractivity contribution in [2.24, 2.45) is 5.73 Å². The Morgan fingerprint density at radius 1 is 1.24 bits per heavy atom. The lowest BCUT2D eigenvalue weighted by molar-refractivity contribution is 0.127. The zero-order valence-corrected chi connectivity index (χ0v) is 14.8. The van der Waals surface area contributed by atoms with Crippen LogP contribution in [-0.2, 0) is 0 Å². The monoisotopic (exact) mass is 351 g/mol. The number of hydrogen-bond donors (Lipinski definition) is 2. The van der Waals surface area contributed by atoms with Crippen molar-refractivity contribution < 1.29 is 0 Å². The molecule has 116 valence electrons. The Kier molecular flexibility index (Phi) is 4.06. The fourth-order valence-electron chi connectivity index (χ4n) is 4.21. The Morgan fingerprint density at radius 3 is 2.24 bits per heavy atom. The van der Waals surface area contributed by atoms with Crippen molar-refractivity contribution in [1.29, 1.82) is 0 Å². The molecule has 2 aliphatic heterocycles. The average molecular weight is 352 g/mol. The third-order valence-corrected chi connectivity index (χ3v) is 6.73. The predicted octanol–water partition coefficient (Wildman–Crippen LogP) is 3.43. The van der Waals surface area contributed by atoms with E-state index in [9.17, 15) is 0 Å². The van der Waals surface area contributed by atoms with Crippen molar-refractivity contribution in [3.05, 3.63) is 27.7 Å². The molecule has 0 amide bonds. The van der Waals surface area contributed by atoms with Gasteiger partial charge in [0.2, 0.25) is 0 Å². The molecule has 2 unspecified atom stereocenters. The van der Waals surface area contributed by atoms with E-state index in [0.29, 0.717) is 18.6 Å². The number of nitrogens with zero attached hydrogens (tertiary/aromatic N) is 1. The second-order valence-corrected chi connectivity index (χ2v) is 7.79. The van der Waals surface area contributed by atoms with Gasteiger partial charge < -0.3 is 16.0 Å². The summed E-state index contributed by atoms with van der Waals surface area (Å²) in [7, 11) is 2.27. The van der Waals surface area contributed by atoms with Gasteiger partial charge in [-0.05, 0) is 69.8 Å². The van der Waals surface area contributed by atoms with Gasteiger partial charge in [-0.15, -0.1) is 0 Å². The number of nitrogens with one attached hydrogen (secondary N) is 1. The van der Waals surface area contributed by atoms with Gasteiger partial charge in [-0.3, -0.25) is 0 Å². The first-order chi connectivity index (χ1) is 9.94. The molecule has 21 heavy (non-hydrogen) atoms. The number of rotatable bonds is 3. The highest BCUT2D eigenvalue weighted by atomic mass is 79.9. The van der Waals surface area contributed by atoms with Gasteiger partial charge in [-0.1, -0.05) is 15.9 Å². The molecular formula is C17H26BrN3. The standard InChI is InChI=1S/C17H26BrN3/c1-11-6-13(7-12(2)16(11)18)20-17(10-19)8-14-4-5-15(9-17)21(14)3/h6-7,14-15,20H,4-5,8-10,19H2,1-3H3. The predicted molar refractivity (Wildman–Crippen MR) is 92.8 cm³/mol. The van der Waals surface area contributed by atoms with E-state index in [1.54, 1.807) is 0 Å². The summed E-state index contributed by atoms with van der Waals surface area (Å²) >= 11 is 3.65. The SMILES string of the molecule is Cc1cc(NC2(CN)CC3CCC(C2)N3C)cc(C)c1Br. The maximum Gasteiger partial charge on any atom is 0.0525 e. The molecule has 2 saturated heterocycles. The number of benzene rings is 1. The molecule has 3 nitrogen and oxygen atoms in total. The van der Waals surface area contributed by atoms with Crippen LogP contribution in [0.1, 0.15) is 36.8 Å². The molecule has 2 aliphatic rings. The van der Waals surface area contributed by atoms with Crippen LogP contribution in [0.2, 0.25) is 0 Å². The molecule has 2 bridgehead atoms. The van der Waals surface area contributed by atoms with Gasteiger partial charge in [0.05, 0.1) is 5.54 Å². The summed E-state index contributed by atoms with van der Waals surface area (Å²) in [5, 5.41) is 3.80. The van der Waals surface area contributed by atoms with Crippen molar-refractivity contribution >= 4 is 21.6 Å². The van der Waals surface area contributed by atoms with E-state index in [2.05, 4.69) is 59.2 Å². The van der Waals surface area contributed by atoms with Gasteiger partial charge in [0.1, 0.15) is 0 Å². The van der Waals surface area contributed by atoms with Crippen molar-refractivity contribution in [2.45, 2.75) is 57.2 Å². The first-order valence-electron chi connectivity index (χ1n) is 7.91. The summed E-state index contributed by atoms with van der Waals surface area (Å²) in [4.78, 5) is 2.56. The molecule has 2 fully saturated rings. The molecule has 4 heteroatoms. The van der Waals surface area contributed by atoms with Crippen LogP contribution in [0, 0.1) is 13.8 Å². The average Bonchev–Trinajstić information content (AvgIpc) is 2.68. The molecule has 0 saturated carbocycles. The summed E-state index contributed by atoms with van der Waals surface area (Å²) in [6.07, 6.45) is 4.96. The fourth-order valence-corrected chi connectivity index (χ4v) is 4.44. The van der Waals surface area contributed by atoms with E-state index in [1.807, 2.05) is 0 Å². The van der Waals surface area contributed by atoms with Crippen molar-refractivity contribution in [3.8, 4) is 0 Å². The van der Waals surface area contributed by atoms with Crippen LogP contribution in [0.25, 0.3) is 0 Å². The summed E-state index contributed by atoms with van der Waals surface area (Å²) < 4.78 is 1.21. The quantitative estimate of drug-likeness (QED) is 0.876. The Morgan fingerprint density at radius 2 is 1.76 bits per heavy atom.